The van der Waals surface area contributed by atoms with Crippen molar-refractivity contribution in [1.82, 2.24) is 19.6 Å². The van der Waals surface area contributed by atoms with Crippen molar-refractivity contribution in [3.8, 4) is 11.1 Å². The van der Waals surface area contributed by atoms with Gasteiger partial charge in [-0.15, -0.1) is 0 Å². The van der Waals surface area contributed by atoms with Crippen LogP contribution in [0.25, 0.3) is 27.8 Å². The van der Waals surface area contributed by atoms with Crippen LogP contribution < -0.4 is 0 Å². The van der Waals surface area contributed by atoms with Gasteiger partial charge in [0.1, 0.15) is 5.15 Å². The zero-order valence-electron chi connectivity index (χ0n) is 13.2. The summed E-state index contributed by atoms with van der Waals surface area (Å²) in [6, 6.07) is 14.2. The molecule has 0 radical (unpaired) electrons. The molecule has 0 saturated heterocycles. The molecule has 1 aliphatic carbocycles. The first-order valence-corrected chi connectivity index (χ1v) is 8.50. The quantitative estimate of drug-likeness (QED) is 0.495. The molecule has 0 atom stereocenters. The Labute approximate surface area is 144 Å². The monoisotopic (exact) mass is 334 g/mol. The van der Waals surface area contributed by atoms with Gasteiger partial charge in [0.15, 0.2) is 11.3 Å². The van der Waals surface area contributed by atoms with E-state index in [0.29, 0.717) is 11.1 Å². The summed E-state index contributed by atoms with van der Waals surface area (Å²) in [5.74, 6) is 0.584. The molecule has 1 saturated carbocycles. The maximum Gasteiger partial charge on any atom is 0.166 e. The van der Waals surface area contributed by atoms with Gasteiger partial charge in [0.2, 0.25) is 0 Å². The van der Waals surface area contributed by atoms with Gasteiger partial charge < -0.3 is 0 Å². The van der Waals surface area contributed by atoms with Gasteiger partial charge in [0, 0.05) is 22.9 Å². The third-order valence-corrected chi connectivity index (χ3v) is 4.91. The van der Waals surface area contributed by atoms with Crippen molar-refractivity contribution in [1.29, 1.82) is 0 Å². The molecule has 5 heteroatoms. The van der Waals surface area contributed by atoms with Crippen molar-refractivity contribution in [2.24, 2.45) is 0 Å². The lowest BCUT2D eigenvalue weighted by Gasteiger charge is -2.09. The first-order chi connectivity index (χ1) is 11.7. The Balaban J connectivity index is 1.81. The molecular weight excluding hydrogens is 320 g/mol. The molecule has 4 aromatic rings. The van der Waals surface area contributed by atoms with Crippen LogP contribution in [0.15, 0.2) is 42.5 Å². The lowest BCUT2D eigenvalue weighted by Crippen LogP contribution is -2.00. The molecule has 0 unspecified atom stereocenters. The number of aryl methyl sites for hydroxylation is 1. The van der Waals surface area contributed by atoms with Crippen LogP contribution in [0.3, 0.4) is 0 Å². The van der Waals surface area contributed by atoms with Gasteiger partial charge in [-0.05, 0) is 31.4 Å². The van der Waals surface area contributed by atoms with Crippen LogP contribution in [0.4, 0.5) is 0 Å². The predicted octanol–water partition coefficient (Wildman–Crippen LogP) is 4.78. The maximum absolute atomic E-state index is 6.50. The summed E-state index contributed by atoms with van der Waals surface area (Å²) in [7, 11) is 0. The minimum atomic E-state index is 0.490. The number of benzene rings is 1. The molecule has 5 rings (SSSR count). The van der Waals surface area contributed by atoms with Crippen LogP contribution >= 0.6 is 11.6 Å². The Morgan fingerprint density at radius 2 is 1.88 bits per heavy atom. The minimum absolute atomic E-state index is 0.490. The number of rotatable bonds is 2. The topological polar surface area (TPSA) is 43.1 Å². The number of fused-ring (bicyclic) bond motifs is 3. The van der Waals surface area contributed by atoms with Gasteiger partial charge in [-0.2, -0.15) is 9.61 Å². The van der Waals surface area contributed by atoms with Crippen LogP contribution in [0.1, 0.15) is 30.1 Å². The van der Waals surface area contributed by atoms with Crippen LogP contribution in [-0.4, -0.2) is 19.6 Å². The van der Waals surface area contributed by atoms with E-state index in [0.717, 1.165) is 39.2 Å². The third-order valence-electron chi connectivity index (χ3n) is 4.62. The molecule has 3 aromatic heterocycles. The molecule has 0 aliphatic heterocycles. The molecule has 0 bridgehead atoms. The second-order valence-electron chi connectivity index (χ2n) is 6.37. The standard InChI is InChI=1S/C19H15ClN4/c1-11-14-9-15(12-5-3-2-4-6-12)18(20)22-19(14)24-17(21-11)10-16(23-24)13-7-8-13/h2-6,9-10,13H,7-8H2,1H3. The summed E-state index contributed by atoms with van der Waals surface area (Å²) in [6.45, 7) is 2.01. The summed E-state index contributed by atoms with van der Waals surface area (Å²) >= 11 is 6.50. The molecule has 3 heterocycles. The fraction of sp³-hybridized carbons (Fsp3) is 0.211. The number of nitrogens with zero attached hydrogens (tertiary/aromatic N) is 4. The van der Waals surface area contributed by atoms with Gasteiger partial charge in [-0.25, -0.2) is 9.97 Å². The summed E-state index contributed by atoms with van der Waals surface area (Å²) in [5.41, 5.74) is 5.65. The first-order valence-electron chi connectivity index (χ1n) is 8.12. The smallest absolute Gasteiger partial charge is 0.166 e. The van der Waals surface area contributed by atoms with Crippen molar-refractivity contribution in [3.63, 3.8) is 0 Å². The second kappa shape index (κ2) is 5.02. The Bertz CT molecular complexity index is 1080. The average Bonchev–Trinajstić information content (AvgIpc) is 3.35. The van der Waals surface area contributed by atoms with E-state index in [2.05, 4.69) is 17.1 Å². The minimum Gasteiger partial charge on any atom is -0.233 e. The predicted molar refractivity (Wildman–Crippen MR) is 95.4 cm³/mol. The van der Waals surface area contributed by atoms with E-state index in [1.165, 1.54) is 12.8 Å². The molecule has 0 N–H and O–H groups in total. The SMILES string of the molecule is Cc1nc2cc(C3CC3)nn2c2nc(Cl)c(-c3ccccc3)cc12. The Morgan fingerprint density at radius 1 is 1.08 bits per heavy atom. The van der Waals surface area contributed by atoms with Gasteiger partial charge in [-0.3, -0.25) is 0 Å². The number of pyridine rings is 1. The zero-order chi connectivity index (χ0) is 16.3. The zero-order valence-corrected chi connectivity index (χ0v) is 14.0. The molecule has 0 spiro atoms. The van der Waals surface area contributed by atoms with Crippen LogP contribution in [0.2, 0.25) is 5.15 Å². The van der Waals surface area contributed by atoms with Crippen LogP contribution in [0, 0.1) is 6.92 Å². The highest BCUT2D eigenvalue weighted by Gasteiger charge is 2.27. The summed E-state index contributed by atoms with van der Waals surface area (Å²) in [5, 5.41) is 6.19. The highest BCUT2D eigenvalue weighted by Crippen LogP contribution is 2.40. The lowest BCUT2D eigenvalue weighted by atomic mass is 10.1. The van der Waals surface area contributed by atoms with E-state index >= 15 is 0 Å². The molecule has 118 valence electrons. The average molecular weight is 335 g/mol. The number of hydrogen-bond donors (Lipinski definition) is 0. The van der Waals surface area contributed by atoms with E-state index in [1.54, 1.807) is 0 Å². The van der Waals surface area contributed by atoms with Crippen molar-refractivity contribution in [2.75, 3.05) is 0 Å². The van der Waals surface area contributed by atoms with Crippen molar-refractivity contribution in [3.05, 3.63) is 59.0 Å². The van der Waals surface area contributed by atoms with Crippen molar-refractivity contribution in [2.45, 2.75) is 25.7 Å². The number of aromatic nitrogens is 4. The largest absolute Gasteiger partial charge is 0.233 e. The summed E-state index contributed by atoms with van der Waals surface area (Å²) in [4.78, 5) is 9.38. The Hall–Kier alpha value is -2.46. The maximum atomic E-state index is 6.50. The van der Waals surface area contributed by atoms with Crippen LogP contribution in [-0.2, 0) is 0 Å². The Kier molecular flexibility index (Phi) is 2.91. The fourth-order valence-corrected chi connectivity index (χ4v) is 3.41. The second-order valence-corrected chi connectivity index (χ2v) is 6.73. The Morgan fingerprint density at radius 3 is 2.62 bits per heavy atom. The molecule has 1 fully saturated rings. The molecule has 1 aliphatic rings. The van der Waals surface area contributed by atoms with E-state index in [-0.39, 0.29) is 0 Å². The van der Waals surface area contributed by atoms with E-state index in [4.69, 9.17) is 21.7 Å². The lowest BCUT2D eigenvalue weighted by molar-refractivity contribution is 0.896. The molecule has 4 nitrogen and oxygen atoms in total. The van der Waals surface area contributed by atoms with Gasteiger partial charge in [-0.1, -0.05) is 41.9 Å². The highest BCUT2D eigenvalue weighted by atomic mass is 35.5. The van der Waals surface area contributed by atoms with Gasteiger partial charge in [0.25, 0.3) is 0 Å². The van der Waals surface area contributed by atoms with Crippen molar-refractivity contribution >= 4 is 28.3 Å². The highest BCUT2D eigenvalue weighted by molar-refractivity contribution is 6.32. The molecule has 1 aromatic carbocycles. The molecule has 24 heavy (non-hydrogen) atoms. The normalized spacial score (nSPS) is 14.6. The number of halogens is 1. The summed E-state index contributed by atoms with van der Waals surface area (Å²) < 4.78 is 1.83. The number of hydrogen-bond acceptors (Lipinski definition) is 3. The third kappa shape index (κ3) is 2.10. The first kappa shape index (κ1) is 13.9. The van der Waals surface area contributed by atoms with E-state index < -0.39 is 0 Å². The van der Waals surface area contributed by atoms with Gasteiger partial charge >= 0.3 is 0 Å². The van der Waals surface area contributed by atoms with Gasteiger partial charge in [0.05, 0.1) is 11.4 Å². The van der Waals surface area contributed by atoms with E-state index in [1.807, 2.05) is 41.8 Å². The molecule has 0 amide bonds. The van der Waals surface area contributed by atoms with E-state index in [9.17, 15) is 0 Å². The van der Waals surface area contributed by atoms with Crippen LogP contribution in [0.5, 0.6) is 0 Å². The molecular formula is C19H15ClN4. The fourth-order valence-electron chi connectivity index (χ4n) is 3.16. The summed E-state index contributed by atoms with van der Waals surface area (Å²) in [6.07, 6.45) is 2.43. The van der Waals surface area contributed by atoms with Crippen molar-refractivity contribution < 1.29 is 0 Å².